The normalized spacial score (nSPS) is 23.6. The van der Waals surface area contributed by atoms with E-state index in [4.69, 9.17) is 9.47 Å². The van der Waals surface area contributed by atoms with Crippen molar-refractivity contribution in [1.82, 2.24) is 5.32 Å². The molecular weight excluding hydrogens is 635 g/mol. The predicted octanol–water partition coefficient (Wildman–Crippen LogP) is 8.28. The molecule has 51 heavy (non-hydrogen) atoms. The standard InChI is InChI=1S/C44H45N3O4/c1-44(2,3)51-43(49)38-35(36(42(48)50-4)37(45-38)30-20-10-5-11-21-30)41-46(33-26-16-8-17-27-33)39(31-22-12-6-13-23-31)40(32-24-14-7-15-25-32)47(41)34-28-18-9-19-29-34/h5-29,35-41,45H,1-4H3/t35-,36-,37-,38-,39-,40-/m0/s1. The second kappa shape index (κ2) is 14.4. The van der Waals surface area contributed by atoms with Gasteiger partial charge < -0.3 is 19.3 Å². The van der Waals surface area contributed by atoms with E-state index in [2.05, 4.69) is 87.9 Å². The Morgan fingerprint density at radius 3 is 1.35 bits per heavy atom. The molecule has 0 aromatic heterocycles. The average molecular weight is 680 g/mol. The molecule has 2 heterocycles. The molecule has 2 aliphatic rings. The summed E-state index contributed by atoms with van der Waals surface area (Å²) in [5.41, 5.74) is 4.34. The van der Waals surface area contributed by atoms with Crippen molar-refractivity contribution in [3.63, 3.8) is 0 Å². The fraction of sp³-hybridized carbons (Fsp3) is 0.273. The van der Waals surface area contributed by atoms with Crippen LogP contribution in [0.2, 0.25) is 0 Å². The molecule has 1 N–H and O–H groups in total. The van der Waals surface area contributed by atoms with Gasteiger partial charge in [-0.3, -0.25) is 14.9 Å². The zero-order valence-electron chi connectivity index (χ0n) is 29.5. The van der Waals surface area contributed by atoms with Gasteiger partial charge in [0.2, 0.25) is 0 Å². The van der Waals surface area contributed by atoms with E-state index in [-0.39, 0.29) is 18.1 Å². The van der Waals surface area contributed by atoms with Crippen LogP contribution >= 0.6 is 0 Å². The number of rotatable bonds is 8. The lowest BCUT2D eigenvalue weighted by Crippen LogP contribution is -2.54. The van der Waals surface area contributed by atoms with Crippen molar-refractivity contribution in [3.05, 3.63) is 168 Å². The Hall–Kier alpha value is -5.40. The number of hydrogen-bond donors (Lipinski definition) is 1. The highest BCUT2D eigenvalue weighted by Crippen LogP contribution is 2.56. The van der Waals surface area contributed by atoms with E-state index in [1.165, 1.54) is 7.11 Å². The molecular formula is C44H45N3O4. The van der Waals surface area contributed by atoms with Crippen molar-refractivity contribution in [2.24, 2.45) is 11.8 Å². The molecule has 7 rings (SSSR count). The SMILES string of the molecule is COC(=O)[C@H]1[C@H](C2N(c3ccccc3)[C@@H](c3ccccc3)[C@H](c3ccccc3)N2c2ccccc2)[C@@H](C(=O)OC(C)(C)C)N[C@H]1c1ccccc1. The minimum atomic E-state index is -0.855. The number of ether oxygens (including phenoxy) is 2. The van der Waals surface area contributed by atoms with Crippen LogP contribution in [-0.2, 0) is 19.1 Å². The number of esters is 2. The summed E-state index contributed by atoms with van der Waals surface area (Å²) in [6.45, 7) is 5.63. The van der Waals surface area contributed by atoms with Gasteiger partial charge in [-0.25, -0.2) is 0 Å². The highest BCUT2D eigenvalue weighted by atomic mass is 16.6. The predicted molar refractivity (Wildman–Crippen MR) is 201 cm³/mol. The Morgan fingerprint density at radius 2 is 0.961 bits per heavy atom. The lowest BCUT2D eigenvalue weighted by molar-refractivity contribution is -0.159. The number of carbonyl (C=O) groups excluding carboxylic acids is 2. The summed E-state index contributed by atoms with van der Waals surface area (Å²) < 4.78 is 11.8. The molecule has 2 aliphatic heterocycles. The Labute approximate surface area is 300 Å². The van der Waals surface area contributed by atoms with Gasteiger partial charge >= 0.3 is 11.9 Å². The molecule has 2 saturated heterocycles. The highest BCUT2D eigenvalue weighted by molar-refractivity contribution is 5.83. The maximum Gasteiger partial charge on any atom is 0.324 e. The van der Waals surface area contributed by atoms with Crippen LogP contribution in [0.3, 0.4) is 0 Å². The van der Waals surface area contributed by atoms with Gasteiger partial charge in [-0.2, -0.15) is 0 Å². The van der Waals surface area contributed by atoms with Crippen LogP contribution in [-0.4, -0.2) is 36.9 Å². The van der Waals surface area contributed by atoms with Gasteiger partial charge in [-0.1, -0.05) is 127 Å². The number of para-hydroxylation sites is 2. The summed E-state index contributed by atoms with van der Waals surface area (Å²) in [4.78, 5) is 33.8. The third-order valence-electron chi connectivity index (χ3n) is 10.0. The van der Waals surface area contributed by atoms with Gasteiger partial charge in [-0.05, 0) is 61.7 Å². The molecule has 0 bridgehead atoms. The minimum absolute atomic E-state index is 0.213. The molecule has 7 nitrogen and oxygen atoms in total. The number of nitrogens with zero attached hydrogens (tertiary/aromatic N) is 2. The summed E-state index contributed by atoms with van der Waals surface area (Å²) in [6, 6.07) is 49.8. The molecule has 0 unspecified atom stereocenters. The van der Waals surface area contributed by atoms with Crippen LogP contribution in [0, 0.1) is 11.8 Å². The van der Waals surface area contributed by atoms with Gasteiger partial charge in [0.05, 0.1) is 25.1 Å². The molecule has 7 heteroatoms. The van der Waals surface area contributed by atoms with Crippen LogP contribution in [0.1, 0.15) is 55.6 Å². The van der Waals surface area contributed by atoms with Crippen LogP contribution in [0.5, 0.6) is 0 Å². The van der Waals surface area contributed by atoms with Crippen molar-refractivity contribution in [1.29, 1.82) is 0 Å². The van der Waals surface area contributed by atoms with Crippen LogP contribution in [0.25, 0.3) is 0 Å². The van der Waals surface area contributed by atoms with Crippen molar-refractivity contribution in [2.75, 3.05) is 16.9 Å². The van der Waals surface area contributed by atoms with E-state index in [1.54, 1.807) is 0 Å². The Bertz CT molecular complexity index is 1810. The largest absolute Gasteiger partial charge is 0.469 e. The Balaban J connectivity index is 1.54. The lowest BCUT2D eigenvalue weighted by atomic mass is 9.81. The first-order chi connectivity index (χ1) is 24.8. The van der Waals surface area contributed by atoms with E-state index in [0.29, 0.717) is 0 Å². The first-order valence-corrected chi connectivity index (χ1v) is 17.6. The molecule has 0 radical (unpaired) electrons. The maximum atomic E-state index is 14.6. The molecule has 5 aromatic rings. The number of hydrogen-bond acceptors (Lipinski definition) is 7. The fourth-order valence-corrected chi connectivity index (χ4v) is 8.13. The molecule has 260 valence electrons. The molecule has 2 fully saturated rings. The summed E-state index contributed by atoms with van der Waals surface area (Å²) >= 11 is 0. The number of carbonyl (C=O) groups is 2. The average Bonchev–Trinajstić information content (AvgIpc) is 3.73. The highest BCUT2D eigenvalue weighted by Gasteiger charge is 2.62. The quantitative estimate of drug-likeness (QED) is 0.166. The fourth-order valence-electron chi connectivity index (χ4n) is 8.13. The van der Waals surface area contributed by atoms with E-state index in [9.17, 15) is 9.59 Å². The molecule has 6 atom stereocenters. The first-order valence-electron chi connectivity index (χ1n) is 17.6. The Morgan fingerprint density at radius 1 is 0.569 bits per heavy atom. The smallest absolute Gasteiger partial charge is 0.324 e. The molecule has 0 aliphatic carbocycles. The van der Waals surface area contributed by atoms with Crippen LogP contribution in [0.4, 0.5) is 11.4 Å². The monoisotopic (exact) mass is 679 g/mol. The van der Waals surface area contributed by atoms with Gasteiger partial charge in [0.25, 0.3) is 0 Å². The summed E-state index contributed by atoms with van der Waals surface area (Å²) in [7, 11) is 1.43. The second-order valence-electron chi connectivity index (χ2n) is 14.3. The molecule has 5 aromatic carbocycles. The van der Waals surface area contributed by atoms with Crippen molar-refractivity contribution >= 4 is 23.3 Å². The zero-order chi connectivity index (χ0) is 35.5. The first kappa shape index (κ1) is 34.1. The summed E-state index contributed by atoms with van der Waals surface area (Å²) in [5.74, 6) is -2.16. The number of methoxy groups -OCH3 is 1. The lowest BCUT2D eigenvalue weighted by Gasteiger charge is -2.42. The van der Waals surface area contributed by atoms with Gasteiger partial charge in [0.15, 0.2) is 0 Å². The maximum absolute atomic E-state index is 14.6. The molecule has 0 amide bonds. The van der Waals surface area contributed by atoms with E-state index < -0.39 is 41.7 Å². The van der Waals surface area contributed by atoms with Crippen LogP contribution < -0.4 is 15.1 Å². The number of anilines is 2. The van der Waals surface area contributed by atoms with Crippen molar-refractivity contribution in [2.45, 2.75) is 56.7 Å². The summed E-state index contributed by atoms with van der Waals surface area (Å²) in [6.07, 6.45) is -0.520. The zero-order valence-corrected chi connectivity index (χ0v) is 29.5. The van der Waals surface area contributed by atoms with E-state index in [1.807, 2.05) is 99.6 Å². The van der Waals surface area contributed by atoms with E-state index in [0.717, 1.165) is 28.1 Å². The number of benzene rings is 5. The topological polar surface area (TPSA) is 71.1 Å². The minimum Gasteiger partial charge on any atom is -0.469 e. The van der Waals surface area contributed by atoms with Gasteiger partial charge in [-0.15, -0.1) is 0 Å². The van der Waals surface area contributed by atoms with Gasteiger partial charge in [0.1, 0.15) is 17.8 Å². The third-order valence-corrected chi connectivity index (χ3v) is 10.0. The van der Waals surface area contributed by atoms with Crippen molar-refractivity contribution in [3.8, 4) is 0 Å². The third kappa shape index (κ3) is 6.74. The second-order valence-corrected chi connectivity index (χ2v) is 14.3. The van der Waals surface area contributed by atoms with Gasteiger partial charge in [0, 0.05) is 23.3 Å². The molecule has 0 saturated carbocycles. The Kier molecular flexibility index (Phi) is 9.65. The van der Waals surface area contributed by atoms with E-state index >= 15 is 0 Å². The molecule has 0 spiro atoms. The van der Waals surface area contributed by atoms with Crippen molar-refractivity contribution < 1.29 is 19.1 Å². The summed E-state index contributed by atoms with van der Waals surface area (Å²) in [5, 5.41) is 3.65. The number of nitrogens with one attached hydrogen (secondary N) is 1. The van der Waals surface area contributed by atoms with Crippen LogP contribution in [0.15, 0.2) is 152 Å².